The van der Waals surface area contributed by atoms with Crippen LogP contribution in [0, 0.1) is 0 Å². The highest BCUT2D eigenvalue weighted by molar-refractivity contribution is 7.99. The minimum atomic E-state index is -2.89. The topological polar surface area (TPSA) is 81.9 Å². The smallest absolute Gasteiger partial charge is 0.387 e. The molecule has 2 heterocycles. The van der Waals surface area contributed by atoms with E-state index in [2.05, 4.69) is 25.2 Å². The molecule has 0 aliphatic rings. The summed E-state index contributed by atoms with van der Waals surface area (Å²) in [6, 6.07) is 11.2. The lowest BCUT2D eigenvalue weighted by molar-refractivity contribution is -0.113. The molecule has 0 saturated heterocycles. The van der Waals surface area contributed by atoms with Crippen LogP contribution in [0.25, 0.3) is 22.6 Å². The lowest BCUT2D eigenvalue weighted by Gasteiger charge is -2.06. The number of carbonyl (C=O) groups is 1. The highest BCUT2D eigenvalue weighted by Crippen LogP contribution is 2.32. The van der Waals surface area contributed by atoms with Crippen LogP contribution in [0.15, 0.2) is 53.0 Å². The molecule has 34 heavy (non-hydrogen) atoms. The molecule has 2 aromatic heterocycles. The summed E-state index contributed by atoms with van der Waals surface area (Å²) >= 11 is 14.6. The van der Waals surface area contributed by atoms with E-state index in [0.29, 0.717) is 37.4 Å². The summed E-state index contributed by atoms with van der Waals surface area (Å²) in [5.74, 6) is 0.405. The van der Waals surface area contributed by atoms with E-state index in [1.165, 1.54) is 35.2 Å². The van der Waals surface area contributed by atoms with Gasteiger partial charge < -0.3 is 14.6 Å². The molecule has 0 spiro atoms. The van der Waals surface area contributed by atoms with E-state index >= 15 is 0 Å². The predicted molar refractivity (Wildman–Crippen MR) is 130 cm³/mol. The number of anilines is 1. The molecular weight excluding hydrogens is 527 g/mol. The van der Waals surface area contributed by atoms with Crippen LogP contribution in [0.4, 0.5) is 13.9 Å². The second kappa shape index (κ2) is 10.7. The number of thioether (sulfide) groups is 1. The van der Waals surface area contributed by atoms with Gasteiger partial charge in [0.2, 0.25) is 5.91 Å². The zero-order chi connectivity index (χ0) is 24.2. The molecule has 1 N–H and O–H groups in total. The highest BCUT2D eigenvalue weighted by Gasteiger charge is 2.15. The molecule has 7 nitrogen and oxygen atoms in total. The predicted octanol–water partition coefficient (Wildman–Crippen LogP) is 6.24. The Morgan fingerprint density at radius 3 is 2.68 bits per heavy atom. The molecule has 0 fully saturated rings. The fraction of sp³-hybridized carbons (Fsp3) is 0.143. The quantitative estimate of drug-likeness (QED) is 0.266. The Balaban J connectivity index is 1.36. The minimum Gasteiger partial charge on any atom is -0.435 e. The maximum absolute atomic E-state index is 12.4. The first-order chi connectivity index (χ1) is 16.3. The molecule has 4 aromatic rings. The Morgan fingerprint density at radius 1 is 1.21 bits per heavy atom. The van der Waals surface area contributed by atoms with Gasteiger partial charge in [0, 0.05) is 28.6 Å². The monoisotopic (exact) mass is 541 g/mol. The maximum atomic E-state index is 12.4. The largest absolute Gasteiger partial charge is 0.435 e. The van der Waals surface area contributed by atoms with E-state index in [1.807, 2.05) is 0 Å². The molecule has 0 atom stereocenters. The average molecular weight is 542 g/mol. The molecule has 13 heteroatoms. The fourth-order valence-electron chi connectivity index (χ4n) is 2.91. The van der Waals surface area contributed by atoms with Crippen molar-refractivity contribution in [3.05, 3.63) is 57.9 Å². The van der Waals surface area contributed by atoms with Gasteiger partial charge in [-0.3, -0.25) is 4.79 Å². The van der Waals surface area contributed by atoms with Crippen molar-refractivity contribution in [2.24, 2.45) is 7.05 Å². The summed E-state index contributed by atoms with van der Waals surface area (Å²) in [6.45, 7) is -2.89. The van der Waals surface area contributed by atoms with Gasteiger partial charge in [0.25, 0.3) is 0 Å². The van der Waals surface area contributed by atoms with Crippen molar-refractivity contribution in [3.63, 3.8) is 0 Å². The van der Waals surface area contributed by atoms with Crippen LogP contribution in [-0.4, -0.2) is 38.0 Å². The van der Waals surface area contributed by atoms with Crippen molar-refractivity contribution in [3.8, 4) is 28.4 Å². The number of amides is 1. The number of carbonyl (C=O) groups excluding carboxylic acids is 1. The minimum absolute atomic E-state index is 0.0517. The number of ether oxygens (including phenoxy) is 1. The van der Waals surface area contributed by atoms with Crippen LogP contribution < -0.4 is 10.1 Å². The molecule has 2 aromatic carbocycles. The third-order valence-corrected chi connectivity index (χ3v) is 6.79. The summed E-state index contributed by atoms with van der Waals surface area (Å²) in [4.78, 5) is 16.8. The highest BCUT2D eigenvalue weighted by atomic mass is 35.5. The van der Waals surface area contributed by atoms with Crippen molar-refractivity contribution in [1.29, 1.82) is 0 Å². The van der Waals surface area contributed by atoms with Crippen LogP contribution >= 0.6 is 46.3 Å². The van der Waals surface area contributed by atoms with Gasteiger partial charge in [-0.1, -0.05) is 35.0 Å². The Hall–Kier alpha value is -2.73. The van der Waals surface area contributed by atoms with Gasteiger partial charge in [-0.15, -0.1) is 21.5 Å². The van der Waals surface area contributed by atoms with Crippen molar-refractivity contribution >= 4 is 57.3 Å². The van der Waals surface area contributed by atoms with Gasteiger partial charge in [0.05, 0.1) is 16.5 Å². The first-order valence-electron chi connectivity index (χ1n) is 9.58. The van der Waals surface area contributed by atoms with Gasteiger partial charge in [-0.05, 0) is 42.5 Å². The summed E-state index contributed by atoms with van der Waals surface area (Å²) in [5, 5.41) is 14.8. The van der Waals surface area contributed by atoms with Crippen molar-refractivity contribution in [1.82, 2.24) is 19.7 Å². The normalized spacial score (nSPS) is 11.1. The van der Waals surface area contributed by atoms with Gasteiger partial charge in [-0.2, -0.15) is 8.78 Å². The van der Waals surface area contributed by atoms with Crippen molar-refractivity contribution in [2.75, 3.05) is 11.1 Å². The maximum Gasteiger partial charge on any atom is 0.387 e. The molecule has 0 saturated carbocycles. The fourth-order valence-corrected chi connectivity index (χ4v) is 4.86. The van der Waals surface area contributed by atoms with Crippen molar-refractivity contribution < 1.29 is 18.3 Å². The molecule has 4 rings (SSSR count). The van der Waals surface area contributed by atoms with Crippen LogP contribution in [0.3, 0.4) is 0 Å². The van der Waals surface area contributed by atoms with E-state index in [9.17, 15) is 13.6 Å². The van der Waals surface area contributed by atoms with Gasteiger partial charge in [0.15, 0.2) is 16.1 Å². The standard InChI is InChI=1S/C21H15Cl2F2N5O2S2/c1-30-18(11-2-5-13(6-3-11)32-19(24)25)28-29-21(30)34-10-17(31)27-20-26-16(9-33-20)14-7-4-12(22)8-15(14)23/h2-9,19H,10H2,1H3,(H,26,27,31). The summed E-state index contributed by atoms with van der Waals surface area (Å²) in [7, 11) is 1.75. The van der Waals surface area contributed by atoms with Gasteiger partial charge in [-0.25, -0.2) is 4.98 Å². The number of benzene rings is 2. The molecule has 0 bridgehead atoms. The SMILES string of the molecule is Cn1c(SCC(=O)Nc2nc(-c3ccc(Cl)cc3Cl)cs2)nnc1-c1ccc(OC(F)F)cc1. The van der Waals surface area contributed by atoms with E-state index in [1.54, 1.807) is 47.3 Å². The number of rotatable bonds is 8. The Morgan fingerprint density at radius 2 is 1.97 bits per heavy atom. The molecule has 0 unspecified atom stereocenters. The zero-order valence-corrected chi connectivity index (χ0v) is 20.5. The second-order valence-corrected chi connectivity index (χ2v) is 9.41. The lowest BCUT2D eigenvalue weighted by atomic mass is 10.2. The number of aromatic nitrogens is 4. The number of hydrogen-bond acceptors (Lipinski definition) is 7. The average Bonchev–Trinajstić information content (AvgIpc) is 3.39. The summed E-state index contributed by atoms with van der Waals surface area (Å²) in [5.41, 5.74) is 2.03. The van der Waals surface area contributed by atoms with E-state index < -0.39 is 6.61 Å². The van der Waals surface area contributed by atoms with Crippen molar-refractivity contribution in [2.45, 2.75) is 11.8 Å². The third-order valence-electron chi connectivity index (χ3n) is 4.46. The molecule has 1 amide bonds. The lowest BCUT2D eigenvalue weighted by Crippen LogP contribution is -2.14. The van der Waals surface area contributed by atoms with Crippen LogP contribution in [0.1, 0.15) is 0 Å². The number of thiazole rings is 1. The molecule has 0 aliphatic heterocycles. The Kier molecular flexibility index (Phi) is 7.67. The second-order valence-electron chi connectivity index (χ2n) is 6.77. The van der Waals surface area contributed by atoms with E-state index in [4.69, 9.17) is 23.2 Å². The van der Waals surface area contributed by atoms with Crippen LogP contribution in [-0.2, 0) is 11.8 Å². The molecule has 0 aliphatic carbocycles. The van der Waals surface area contributed by atoms with Crippen LogP contribution in [0.2, 0.25) is 10.0 Å². The van der Waals surface area contributed by atoms with Gasteiger partial charge in [0.1, 0.15) is 5.75 Å². The first-order valence-corrected chi connectivity index (χ1v) is 12.2. The van der Waals surface area contributed by atoms with Gasteiger partial charge >= 0.3 is 6.61 Å². The summed E-state index contributed by atoms with van der Waals surface area (Å²) in [6.07, 6.45) is 0. The number of nitrogens with one attached hydrogen (secondary N) is 1. The molecule has 176 valence electrons. The number of halogens is 4. The molecular formula is C21H15Cl2F2N5O2S2. The number of nitrogens with zero attached hydrogens (tertiary/aromatic N) is 4. The Labute approximate surface area is 211 Å². The number of alkyl halides is 2. The molecule has 0 radical (unpaired) electrons. The summed E-state index contributed by atoms with van der Waals surface area (Å²) < 4.78 is 30.7. The van der Waals surface area contributed by atoms with Crippen LogP contribution in [0.5, 0.6) is 5.75 Å². The zero-order valence-electron chi connectivity index (χ0n) is 17.3. The van der Waals surface area contributed by atoms with E-state index in [-0.39, 0.29) is 17.4 Å². The number of hydrogen-bond donors (Lipinski definition) is 1. The first kappa shape index (κ1) is 24.4. The van der Waals surface area contributed by atoms with E-state index in [0.717, 1.165) is 5.56 Å². The Bertz CT molecular complexity index is 1310. The third kappa shape index (κ3) is 5.84.